The Morgan fingerprint density at radius 3 is 2.60 bits per heavy atom. The zero-order chi connectivity index (χ0) is 24.2. The number of aromatic nitrogens is 1. The molecule has 1 atom stereocenters. The van der Waals surface area contributed by atoms with E-state index in [1.807, 2.05) is 42.5 Å². The number of piperidine rings is 1. The average molecular weight is 469 g/mol. The molecule has 1 N–H and O–H groups in total. The molecule has 3 heterocycles. The number of hydrogen-bond acceptors (Lipinski definition) is 4. The molecule has 0 bridgehead atoms. The van der Waals surface area contributed by atoms with E-state index in [9.17, 15) is 14.4 Å². The van der Waals surface area contributed by atoms with Crippen LogP contribution < -0.4 is 10.2 Å². The van der Waals surface area contributed by atoms with Gasteiger partial charge in [0.1, 0.15) is 12.6 Å². The SMILES string of the molecule is O=C(CN1C(=O)C2CCCCN2C(=O)c2ccccc21)Nc1ccccc1CCc1ccccn1. The van der Waals surface area contributed by atoms with Gasteiger partial charge in [0, 0.05) is 24.1 Å². The summed E-state index contributed by atoms with van der Waals surface area (Å²) in [6.07, 6.45) is 5.65. The minimum atomic E-state index is -0.526. The van der Waals surface area contributed by atoms with Gasteiger partial charge in [-0.1, -0.05) is 36.4 Å². The van der Waals surface area contributed by atoms with Crippen LogP contribution in [0, 0.1) is 0 Å². The summed E-state index contributed by atoms with van der Waals surface area (Å²) in [5.41, 5.74) is 3.67. The zero-order valence-corrected chi connectivity index (χ0v) is 19.5. The van der Waals surface area contributed by atoms with Gasteiger partial charge in [-0.05, 0) is 68.0 Å². The zero-order valence-electron chi connectivity index (χ0n) is 19.5. The Kier molecular flexibility index (Phi) is 6.57. The highest BCUT2D eigenvalue weighted by molar-refractivity contribution is 6.13. The number of para-hydroxylation sites is 2. The van der Waals surface area contributed by atoms with Crippen molar-refractivity contribution in [1.29, 1.82) is 0 Å². The summed E-state index contributed by atoms with van der Waals surface area (Å²) in [5, 5.41) is 3.00. The van der Waals surface area contributed by atoms with Crippen LogP contribution in [-0.4, -0.2) is 46.7 Å². The van der Waals surface area contributed by atoms with Gasteiger partial charge in [0.2, 0.25) is 11.8 Å². The van der Waals surface area contributed by atoms with Crippen LogP contribution in [0.3, 0.4) is 0 Å². The van der Waals surface area contributed by atoms with E-state index in [0.29, 0.717) is 24.2 Å². The normalized spacial score (nSPS) is 17.4. The van der Waals surface area contributed by atoms with Crippen LogP contribution in [0.1, 0.15) is 40.9 Å². The van der Waals surface area contributed by atoms with Gasteiger partial charge < -0.3 is 15.1 Å². The first-order chi connectivity index (χ1) is 17.1. The Balaban J connectivity index is 1.35. The number of nitrogens with one attached hydrogen (secondary N) is 1. The molecule has 1 saturated heterocycles. The third-order valence-corrected chi connectivity index (χ3v) is 6.71. The van der Waals surface area contributed by atoms with E-state index in [-0.39, 0.29) is 24.3 Å². The maximum absolute atomic E-state index is 13.5. The van der Waals surface area contributed by atoms with E-state index in [2.05, 4.69) is 10.3 Å². The van der Waals surface area contributed by atoms with E-state index < -0.39 is 6.04 Å². The number of anilines is 2. The van der Waals surface area contributed by atoms with Gasteiger partial charge in [-0.3, -0.25) is 19.4 Å². The minimum absolute atomic E-state index is 0.138. The van der Waals surface area contributed by atoms with E-state index in [0.717, 1.165) is 42.6 Å². The lowest BCUT2D eigenvalue weighted by Gasteiger charge is -2.34. The number of aryl methyl sites for hydroxylation is 2. The van der Waals surface area contributed by atoms with E-state index in [4.69, 9.17) is 0 Å². The number of carbonyl (C=O) groups excluding carboxylic acids is 3. The molecule has 0 aliphatic carbocycles. The first kappa shape index (κ1) is 22.8. The van der Waals surface area contributed by atoms with E-state index >= 15 is 0 Å². The van der Waals surface area contributed by atoms with Gasteiger partial charge in [-0.2, -0.15) is 0 Å². The largest absolute Gasteiger partial charge is 0.327 e. The second kappa shape index (κ2) is 10.1. The molecule has 7 nitrogen and oxygen atoms in total. The number of hydrogen-bond donors (Lipinski definition) is 1. The van der Waals surface area contributed by atoms with Crippen molar-refractivity contribution in [2.24, 2.45) is 0 Å². The molecule has 178 valence electrons. The van der Waals surface area contributed by atoms with Crippen LogP contribution >= 0.6 is 0 Å². The summed E-state index contributed by atoms with van der Waals surface area (Å²) in [6, 6.07) is 20.1. The standard InChI is InChI=1S/C28H28N4O3/c33-26(30-23-12-3-1-9-20(23)15-16-21-10-5-7-17-29-21)19-32-24-13-4-2-11-22(24)27(34)31-18-8-6-14-25(31)28(32)35/h1-5,7,9-13,17,25H,6,8,14-16,18-19H2,(H,30,33). The molecule has 0 saturated carbocycles. The summed E-state index contributed by atoms with van der Waals surface area (Å²) in [6.45, 7) is 0.412. The second-order valence-electron chi connectivity index (χ2n) is 8.98. The van der Waals surface area contributed by atoms with Gasteiger partial charge in [-0.25, -0.2) is 0 Å². The molecule has 3 amide bonds. The molecular formula is C28H28N4O3. The molecule has 3 aromatic rings. The third-order valence-electron chi connectivity index (χ3n) is 6.71. The summed E-state index contributed by atoms with van der Waals surface area (Å²) < 4.78 is 0. The summed E-state index contributed by atoms with van der Waals surface area (Å²) in [5.74, 6) is -0.627. The molecule has 1 aromatic heterocycles. The highest BCUT2D eigenvalue weighted by Gasteiger charge is 2.41. The second-order valence-corrected chi connectivity index (χ2v) is 8.98. The van der Waals surface area contributed by atoms with Gasteiger partial charge in [0.25, 0.3) is 5.91 Å². The summed E-state index contributed by atoms with van der Waals surface area (Å²) in [7, 11) is 0. The van der Waals surface area contributed by atoms with Crippen molar-refractivity contribution in [2.75, 3.05) is 23.3 Å². The monoisotopic (exact) mass is 468 g/mol. The smallest absolute Gasteiger partial charge is 0.256 e. The fourth-order valence-corrected chi connectivity index (χ4v) is 4.94. The van der Waals surface area contributed by atoms with E-state index in [1.54, 1.807) is 35.4 Å². The Bertz CT molecular complexity index is 1240. The molecule has 35 heavy (non-hydrogen) atoms. The quantitative estimate of drug-likeness (QED) is 0.596. The highest BCUT2D eigenvalue weighted by Crippen LogP contribution is 2.31. The molecule has 1 fully saturated rings. The first-order valence-corrected chi connectivity index (χ1v) is 12.1. The Labute approximate surface area is 204 Å². The van der Waals surface area contributed by atoms with Crippen LogP contribution in [-0.2, 0) is 22.4 Å². The Morgan fingerprint density at radius 2 is 1.74 bits per heavy atom. The molecule has 0 spiro atoms. The van der Waals surface area contributed by atoms with Crippen LogP contribution in [0.4, 0.5) is 11.4 Å². The van der Waals surface area contributed by atoms with Gasteiger partial charge in [0.05, 0.1) is 11.3 Å². The molecule has 2 aromatic carbocycles. The summed E-state index contributed by atoms with van der Waals surface area (Å²) >= 11 is 0. The minimum Gasteiger partial charge on any atom is -0.327 e. The van der Waals surface area contributed by atoms with Gasteiger partial charge in [0.15, 0.2) is 0 Å². The highest BCUT2D eigenvalue weighted by atomic mass is 16.2. The fourth-order valence-electron chi connectivity index (χ4n) is 4.94. The lowest BCUT2D eigenvalue weighted by atomic mass is 10.0. The summed E-state index contributed by atoms with van der Waals surface area (Å²) in [4.78, 5) is 47.5. The number of pyridine rings is 1. The van der Waals surface area contributed by atoms with Crippen molar-refractivity contribution in [3.8, 4) is 0 Å². The molecule has 2 aliphatic heterocycles. The Morgan fingerprint density at radius 1 is 0.943 bits per heavy atom. The van der Waals surface area contributed by atoms with Crippen LogP contribution in [0.15, 0.2) is 72.9 Å². The molecular weight excluding hydrogens is 440 g/mol. The third kappa shape index (κ3) is 4.80. The maximum atomic E-state index is 13.5. The molecule has 5 rings (SSSR count). The number of fused-ring (bicyclic) bond motifs is 2. The molecule has 1 unspecified atom stereocenters. The topological polar surface area (TPSA) is 82.6 Å². The molecule has 7 heteroatoms. The van der Waals surface area contributed by atoms with Crippen molar-refractivity contribution in [2.45, 2.75) is 38.1 Å². The first-order valence-electron chi connectivity index (χ1n) is 12.1. The number of rotatable bonds is 6. The number of nitrogens with zero attached hydrogens (tertiary/aromatic N) is 3. The van der Waals surface area contributed by atoms with Crippen molar-refractivity contribution in [1.82, 2.24) is 9.88 Å². The van der Waals surface area contributed by atoms with Crippen LogP contribution in [0.2, 0.25) is 0 Å². The number of amides is 3. The van der Waals surface area contributed by atoms with Crippen molar-refractivity contribution < 1.29 is 14.4 Å². The molecule has 0 radical (unpaired) electrons. The predicted octanol–water partition coefficient (Wildman–Crippen LogP) is 3.85. The lowest BCUT2D eigenvalue weighted by Crippen LogP contribution is -2.52. The fraction of sp³-hybridized carbons (Fsp3) is 0.286. The average Bonchev–Trinajstić information content (AvgIpc) is 2.98. The predicted molar refractivity (Wildman–Crippen MR) is 134 cm³/mol. The van der Waals surface area contributed by atoms with Crippen LogP contribution in [0.25, 0.3) is 0 Å². The van der Waals surface area contributed by atoms with Crippen molar-refractivity contribution >= 4 is 29.1 Å². The maximum Gasteiger partial charge on any atom is 0.256 e. The van der Waals surface area contributed by atoms with Crippen molar-refractivity contribution in [3.63, 3.8) is 0 Å². The van der Waals surface area contributed by atoms with Gasteiger partial charge in [-0.15, -0.1) is 0 Å². The van der Waals surface area contributed by atoms with Crippen LogP contribution in [0.5, 0.6) is 0 Å². The van der Waals surface area contributed by atoms with E-state index in [1.165, 1.54) is 4.90 Å². The number of carbonyl (C=O) groups is 3. The lowest BCUT2D eigenvalue weighted by molar-refractivity contribution is -0.125. The Hall–Kier alpha value is -4.00. The number of benzene rings is 2. The van der Waals surface area contributed by atoms with Crippen molar-refractivity contribution in [3.05, 3.63) is 89.7 Å². The van der Waals surface area contributed by atoms with Gasteiger partial charge >= 0.3 is 0 Å². The molecule has 2 aliphatic rings.